The largest absolute Gasteiger partial charge is 0.489 e. The van der Waals surface area contributed by atoms with Gasteiger partial charge in [0.05, 0.1) is 16.7 Å². The molecule has 2 aromatic rings. The van der Waals surface area contributed by atoms with Crippen LogP contribution in [0.5, 0.6) is 5.75 Å². The third-order valence-electron chi connectivity index (χ3n) is 4.86. The lowest BCUT2D eigenvalue weighted by molar-refractivity contribution is -0.116. The summed E-state index contributed by atoms with van der Waals surface area (Å²) in [4.78, 5) is 12.8. The summed E-state index contributed by atoms with van der Waals surface area (Å²) in [6.45, 7) is 9.82. The molecule has 0 fully saturated rings. The molecule has 0 spiro atoms. The Bertz CT molecular complexity index is 987. The third kappa shape index (κ3) is 6.51. The molecule has 0 aliphatic heterocycles. The minimum Gasteiger partial charge on any atom is -0.489 e. The summed E-state index contributed by atoms with van der Waals surface area (Å²) < 4.78 is 46.1. The smallest absolute Gasteiger partial charge is 0.243 e. The van der Waals surface area contributed by atoms with Gasteiger partial charge in [-0.3, -0.25) is 4.79 Å². The second kappa shape index (κ2) is 10.7. The SMILES string of the molecule is CCN(CC)S(=O)(=O)c1ccc(OC(C)C)c(NC(=O)CC(C)c2ccc(F)cc2)c1. The molecule has 170 valence electrons. The molecule has 0 radical (unpaired) electrons. The number of anilines is 1. The Labute approximate surface area is 184 Å². The molecule has 1 unspecified atom stereocenters. The van der Waals surface area contributed by atoms with E-state index in [1.807, 2.05) is 20.8 Å². The van der Waals surface area contributed by atoms with Crippen LogP contribution >= 0.6 is 0 Å². The van der Waals surface area contributed by atoms with E-state index < -0.39 is 10.0 Å². The van der Waals surface area contributed by atoms with Crippen LogP contribution in [0.15, 0.2) is 47.4 Å². The highest BCUT2D eigenvalue weighted by Gasteiger charge is 2.24. The van der Waals surface area contributed by atoms with Crippen molar-refractivity contribution in [3.05, 3.63) is 53.8 Å². The number of benzene rings is 2. The van der Waals surface area contributed by atoms with Crippen LogP contribution in [0.25, 0.3) is 0 Å². The number of halogens is 1. The molecule has 2 aromatic carbocycles. The average molecular weight is 451 g/mol. The van der Waals surface area contributed by atoms with Crippen molar-refractivity contribution in [2.45, 2.75) is 58.0 Å². The fourth-order valence-electron chi connectivity index (χ4n) is 3.23. The summed E-state index contributed by atoms with van der Waals surface area (Å²) in [5, 5.41) is 2.79. The first-order valence-electron chi connectivity index (χ1n) is 10.4. The Hall–Kier alpha value is -2.45. The fraction of sp³-hybridized carbons (Fsp3) is 0.435. The molecule has 6 nitrogen and oxygen atoms in total. The molecule has 2 rings (SSSR count). The minimum absolute atomic E-state index is 0.0918. The van der Waals surface area contributed by atoms with Crippen LogP contribution in [0.2, 0.25) is 0 Å². The van der Waals surface area contributed by atoms with Crippen LogP contribution in [0.4, 0.5) is 10.1 Å². The highest BCUT2D eigenvalue weighted by Crippen LogP contribution is 2.31. The normalized spacial score (nSPS) is 12.8. The monoisotopic (exact) mass is 450 g/mol. The van der Waals surface area contributed by atoms with E-state index in [-0.39, 0.29) is 35.1 Å². The summed E-state index contributed by atoms with van der Waals surface area (Å²) in [5.41, 5.74) is 1.14. The van der Waals surface area contributed by atoms with Crippen LogP contribution < -0.4 is 10.1 Å². The summed E-state index contributed by atoms with van der Waals surface area (Å²) in [6.07, 6.45) is -0.00112. The molecule has 0 saturated carbocycles. The van der Waals surface area contributed by atoms with E-state index in [0.717, 1.165) is 5.56 Å². The van der Waals surface area contributed by atoms with Gasteiger partial charge in [0.2, 0.25) is 15.9 Å². The lowest BCUT2D eigenvalue weighted by Crippen LogP contribution is -2.30. The van der Waals surface area contributed by atoms with Crippen molar-refractivity contribution in [2.24, 2.45) is 0 Å². The molecule has 1 atom stereocenters. The van der Waals surface area contributed by atoms with E-state index in [1.165, 1.54) is 28.6 Å². The van der Waals surface area contributed by atoms with Crippen LogP contribution in [0.3, 0.4) is 0 Å². The van der Waals surface area contributed by atoms with Crippen molar-refractivity contribution in [2.75, 3.05) is 18.4 Å². The summed E-state index contributed by atoms with van der Waals surface area (Å²) >= 11 is 0. The van der Waals surface area contributed by atoms with Gasteiger partial charge >= 0.3 is 0 Å². The Kier molecular flexibility index (Phi) is 8.59. The number of nitrogens with zero attached hydrogens (tertiary/aromatic N) is 1. The predicted octanol–water partition coefficient (Wildman–Crippen LogP) is 4.78. The van der Waals surface area contributed by atoms with Crippen LogP contribution in [0.1, 0.15) is 52.5 Å². The Morgan fingerprint density at radius 2 is 1.68 bits per heavy atom. The molecule has 31 heavy (non-hydrogen) atoms. The molecular weight excluding hydrogens is 419 g/mol. The lowest BCUT2D eigenvalue weighted by atomic mass is 9.97. The van der Waals surface area contributed by atoms with Gasteiger partial charge in [-0.05, 0) is 55.7 Å². The first-order chi connectivity index (χ1) is 14.6. The number of nitrogens with one attached hydrogen (secondary N) is 1. The molecule has 0 aliphatic carbocycles. The second-order valence-electron chi connectivity index (χ2n) is 7.62. The first kappa shape index (κ1) is 24.8. The summed E-state index contributed by atoms with van der Waals surface area (Å²) in [6, 6.07) is 10.5. The van der Waals surface area contributed by atoms with Gasteiger partial charge in [-0.2, -0.15) is 4.31 Å². The zero-order valence-corrected chi connectivity index (χ0v) is 19.5. The van der Waals surface area contributed by atoms with Crippen LogP contribution in [-0.2, 0) is 14.8 Å². The number of hydrogen-bond donors (Lipinski definition) is 1. The minimum atomic E-state index is -3.68. The number of carbonyl (C=O) groups is 1. The molecule has 1 N–H and O–H groups in total. The number of amides is 1. The van der Waals surface area contributed by atoms with Crippen LogP contribution in [0, 0.1) is 5.82 Å². The van der Waals surface area contributed by atoms with E-state index in [4.69, 9.17) is 4.74 Å². The van der Waals surface area contributed by atoms with E-state index in [9.17, 15) is 17.6 Å². The quantitative estimate of drug-likeness (QED) is 0.565. The van der Waals surface area contributed by atoms with Gasteiger partial charge in [0.25, 0.3) is 0 Å². The Balaban J connectivity index is 2.29. The topological polar surface area (TPSA) is 75.7 Å². The molecule has 1 amide bonds. The van der Waals surface area contributed by atoms with Crippen molar-refractivity contribution >= 4 is 21.6 Å². The van der Waals surface area contributed by atoms with Crippen molar-refractivity contribution in [1.82, 2.24) is 4.31 Å². The number of hydrogen-bond acceptors (Lipinski definition) is 4. The number of ether oxygens (including phenoxy) is 1. The van der Waals surface area contributed by atoms with Gasteiger partial charge in [-0.1, -0.05) is 32.9 Å². The fourth-order valence-corrected chi connectivity index (χ4v) is 4.71. The zero-order chi connectivity index (χ0) is 23.2. The number of carbonyl (C=O) groups excluding carboxylic acids is 1. The molecule has 0 bridgehead atoms. The highest BCUT2D eigenvalue weighted by molar-refractivity contribution is 7.89. The molecular formula is C23H31FN2O4S. The Morgan fingerprint density at radius 3 is 2.23 bits per heavy atom. The van der Waals surface area contributed by atoms with Crippen molar-refractivity contribution in [3.8, 4) is 5.75 Å². The molecule has 0 aliphatic rings. The van der Waals surface area contributed by atoms with Gasteiger partial charge in [-0.25, -0.2) is 12.8 Å². The van der Waals surface area contributed by atoms with Crippen molar-refractivity contribution in [1.29, 1.82) is 0 Å². The maximum absolute atomic E-state index is 13.1. The van der Waals surface area contributed by atoms with Crippen molar-refractivity contribution in [3.63, 3.8) is 0 Å². The van der Waals surface area contributed by atoms with Crippen molar-refractivity contribution < 1.29 is 22.3 Å². The maximum atomic E-state index is 13.1. The predicted molar refractivity (Wildman–Crippen MR) is 120 cm³/mol. The second-order valence-corrected chi connectivity index (χ2v) is 9.56. The average Bonchev–Trinajstić information content (AvgIpc) is 2.70. The molecule has 0 heterocycles. The van der Waals surface area contributed by atoms with E-state index in [1.54, 1.807) is 32.0 Å². The van der Waals surface area contributed by atoms with Gasteiger partial charge in [0.15, 0.2) is 0 Å². The van der Waals surface area contributed by atoms with Gasteiger partial charge in [0, 0.05) is 19.5 Å². The van der Waals surface area contributed by atoms with Gasteiger partial charge in [0.1, 0.15) is 11.6 Å². The third-order valence-corrected chi connectivity index (χ3v) is 6.91. The van der Waals surface area contributed by atoms with E-state index in [2.05, 4.69) is 5.32 Å². The molecule has 8 heteroatoms. The summed E-state index contributed by atoms with van der Waals surface area (Å²) in [5.74, 6) is -0.362. The lowest BCUT2D eigenvalue weighted by Gasteiger charge is -2.21. The maximum Gasteiger partial charge on any atom is 0.243 e. The van der Waals surface area contributed by atoms with Crippen LogP contribution in [-0.4, -0.2) is 37.8 Å². The van der Waals surface area contributed by atoms with Gasteiger partial charge in [-0.15, -0.1) is 0 Å². The number of rotatable bonds is 10. The zero-order valence-electron chi connectivity index (χ0n) is 18.7. The number of sulfonamides is 1. The standard InChI is InChI=1S/C23H31FN2O4S/c1-6-26(7-2)31(28,29)20-12-13-22(30-16(3)4)21(15-20)25-23(27)14-17(5)18-8-10-19(24)11-9-18/h8-13,15-17H,6-7,14H2,1-5H3,(H,25,27). The van der Waals surface area contributed by atoms with E-state index >= 15 is 0 Å². The van der Waals surface area contributed by atoms with E-state index in [0.29, 0.717) is 24.5 Å². The van der Waals surface area contributed by atoms with Gasteiger partial charge < -0.3 is 10.1 Å². The summed E-state index contributed by atoms with van der Waals surface area (Å²) in [7, 11) is -3.68. The molecule has 0 saturated heterocycles. The Morgan fingerprint density at radius 1 is 1.06 bits per heavy atom. The molecule has 0 aromatic heterocycles. The highest BCUT2D eigenvalue weighted by atomic mass is 32.2. The first-order valence-corrected chi connectivity index (χ1v) is 11.9.